The minimum absolute atomic E-state index is 0.00868. The molecule has 1 aromatic heterocycles. The third kappa shape index (κ3) is 8.29. The molecule has 9 heteroatoms. The van der Waals surface area contributed by atoms with Gasteiger partial charge in [0.15, 0.2) is 6.61 Å². The molecule has 1 saturated heterocycles. The standard InChI is InChI=1S/C36H46N4O5/c1-26(2)45-34-14-11-28(23-37(4)19-20-41)21-33(34)40-30(22-29-7-5-6-8-32(29)36(40)43)24-38-15-17-39(18-16-38)35(42)25-44-31-12-9-27(3)10-13-31/h5-13,21-22,26,34,41H,14-20,23-25H2,1-4H3. The number of hydrogen-bond acceptors (Lipinski definition) is 7. The molecule has 0 radical (unpaired) electrons. The molecule has 2 aliphatic rings. The number of pyridine rings is 1. The van der Waals surface area contributed by atoms with Crippen LogP contribution in [-0.2, 0) is 16.1 Å². The molecular weight excluding hydrogens is 568 g/mol. The van der Waals surface area contributed by atoms with Crippen LogP contribution in [-0.4, -0.2) is 102 Å². The van der Waals surface area contributed by atoms with Crippen molar-refractivity contribution < 1.29 is 19.4 Å². The number of carbonyl (C=O) groups excluding carboxylic acids is 1. The van der Waals surface area contributed by atoms with Crippen molar-refractivity contribution in [1.82, 2.24) is 19.3 Å². The Kier molecular flexibility index (Phi) is 10.9. The van der Waals surface area contributed by atoms with Crippen molar-refractivity contribution in [2.75, 3.05) is 59.5 Å². The van der Waals surface area contributed by atoms with Gasteiger partial charge >= 0.3 is 0 Å². The molecule has 1 atom stereocenters. The molecule has 1 amide bonds. The molecule has 2 heterocycles. The molecule has 240 valence electrons. The van der Waals surface area contributed by atoms with Gasteiger partial charge in [0, 0.05) is 56.9 Å². The zero-order chi connectivity index (χ0) is 31.9. The topological polar surface area (TPSA) is 87.5 Å². The van der Waals surface area contributed by atoms with Gasteiger partial charge in [-0.2, -0.15) is 0 Å². The van der Waals surface area contributed by atoms with E-state index in [0.717, 1.165) is 27.9 Å². The van der Waals surface area contributed by atoms with Gasteiger partial charge in [-0.05, 0) is 75.5 Å². The van der Waals surface area contributed by atoms with Crippen LogP contribution in [0.2, 0.25) is 0 Å². The molecule has 3 aromatic rings. The van der Waals surface area contributed by atoms with Gasteiger partial charge in [0.1, 0.15) is 11.9 Å². The normalized spacial score (nSPS) is 17.6. The molecule has 45 heavy (non-hydrogen) atoms. The summed E-state index contributed by atoms with van der Waals surface area (Å²) in [5, 5.41) is 11.0. The van der Waals surface area contributed by atoms with E-state index in [-0.39, 0.29) is 36.9 Å². The number of nitrogens with zero attached hydrogens (tertiary/aromatic N) is 4. The maximum absolute atomic E-state index is 14.2. The van der Waals surface area contributed by atoms with E-state index in [9.17, 15) is 14.7 Å². The summed E-state index contributed by atoms with van der Waals surface area (Å²) in [7, 11) is 1.98. The molecular formula is C36H46N4O5. The molecule has 1 N–H and O–H groups in total. The van der Waals surface area contributed by atoms with Gasteiger partial charge in [0.05, 0.1) is 18.4 Å². The molecule has 1 aliphatic carbocycles. The van der Waals surface area contributed by atoms with E-state index < -0.39 is 0 Å². The molecule has 2 aromatic carbocycles. The Bertz CT molecular complexity index is 1590. The fourth-order valence-electron chi connectivity index (χ4n) is 6.02. The van der Waals surface area contributed by atoms with Gasteiger partial charge in [0.2, 0.25) is 0 Å². The quantitative estimate of drug-likeness (QED) is 0.331. The second kappa shape index (κ2) is 15.0. The third-order valence-electron chi connectivity index (χ3n) is 8.38. The highest BCUT2D eigenvalue weighted by atomic mass is 16.5. The van der Waals surface area contributed by atoms with Gasteiger partial charge < -0.3 is 19.5 Å². The molecule has 9 nitrogen and oxygen atoms in total. The summed E-state index contributed by atoms with van der Waals surface area (Å²) in [6, 6.07) is 17.6. The molecule has 1 fully saturated rings. The first-order chi connectivity index (χ1) is 21.7. The van der Waals surface area contributed by atoms with E-state index in [1.807, 2.05) is 85.8 Å². The lowest BCUT2D eigenvalue weighted by Crippen LogP contribution is -2.50. The Morgan fingerprint density at radius 3 is 2.51 bits per heavy atom. The van der Waals surface area contributed by atoms with E-state index in [0.29, 0.717) is 63.4 Å². The van der Waals surface area contributed by atoms with Crippen molar-refractivity contribution >= 4 is 22.4 Å². The van der Waals surface area contributed by atoms with Crippen LogP contribution in [0.3, 0.4) is 0 Å². The Labute approximate surface area is 265 Å². The number of likely N-dealkylation sites (N-methyl/N-ethyl adjacent to an activating group) is 1. The van der Waals surface area contributed by atoms with E-state index in [1.54, 1.807) is 0 Å². The van der Waals surface area contributed by atoms with E-state index in [1.165, 1.54) is 0 Å². The number of aromatic nitrogens is 1. The number of rotatable bonds is 12. The zero-order valence-corrected chi connectivity index (χ0v) is 26.9. The number of ether oxygens (including phenoxy) is 2. The summed E-state index contributed by atoms with van der Waals surface area (Å²) in [5.74, 6) is 0.668. The lowest BCUT2D eigenvalue weighted by molar-refractivity contribution is -0.135. The SMILES string of the molecule is Cc1ccc(OCC(=O)N2CCN(Cc3cc4ccccc4c(=O)n3C3=CC(CN(C)CCO)=CCC3OC(C)C)CC2)cc1. The first-order valence-corrected chi connectivity index (χ1v) is 15.9. The Morgan fingerprint density at radius 2 is 1.80 bits per heavy atom. The predicted molar refractivity (Wildman–Crippen MR) is 178 cm³/mol. The number of carbonyl (C=O) groups is 1. The summed E-state index contributed by atoms with van der Waals surface area (Å²) in [6.45, 7) is 10.5. The fourth-order valence-corrected chi connectivity index (χ4v) is 6.02. The lowest BCUT2D eigenvalue weighted by atomic mass is 9.99. The van der Waals surface area contributed by atoms with Gasteiger partial charge in [0.25, 0.3) is 11.5 Å². The number of aliphatic hydroxyl groups excluding tert-OH is 1. The monoisotopic (exact) mass is 614 g/mol. The Hall–Kier alpha value is -3.76. The summed E-state index contributed by atoms with van der Waals surface area (Å²) >= 11 is 0. The molecule has 0 saturated carbocycles. The van der Waals surface area contributed by atoms with Gasteiger partial charge in [-0.15, -0.1) is 0 Å². The average molecular weight is 615 g/mol. The third-order valence-corrected chi connectivity index (χ3v) is 8.38. The van der Waals surface area contributed by atoms with Crippen molar-refractivity contribution in [3.63, 3.8) is 0 Å². The zero-order valence-electron chi connectivity index (χ0n) is 26.9. The highest BCUT2D eigenvalue weighted by Crippen LogP contribution is 2.28. The van der Waals surface area contributed by atoms with Gasteiger partial charge in [-0.3, -0.25) is 24.0 Å². The minimum atomic E-state index is -0.266. The number of amides is 1. The molecule has 1 aliphatic heterocycles. The fraction of sp³-hybridized carbons (Fsp3) is 0.444. The first kappa shape index (κ1) is 32.6. The predicted octanol–water partition coefficient (Wildman–Crippen LogP) is 3.92. The van der Waals surface area contributed by atoms with Crippen molar-refractivity contribution in [2.45, 2.75) is 45.9 Å². The highest BCUT2D eigenvalue weighted by Gasteiger charge is 2.27. The number of hydrogen-bond donors (Lipinski definition) is 1. The number of fused-ring (bicyclic) bond motifs is 1. The summed E-state index contributed by atoms with van der Waals surface area (Å²) in [6.07, 6.45) is 4.66. The van der Waals surface area contributed by atoms with E-state index >= 15 is 0 Å². The summed E-state index contributed by atoms with van der Waals surface area (Å²) in [4.78, 5) is 33.4. The van der Waals surface area contributed by atoms with Crippen LogP contribution in [0.1, 0.15) is 31.5 Å². The van der Waals surface area contributed by atoms with Crippen LogP contribution in [0.5, 0.6) is 5.75 Å². The largest absolute Gasteiger partial charge is 0.484 e. The second-order valence-corrected chi connectivity index (χ2v) is 12.3. The molecule has 5 rings (SSSR count). The van der Waals surface area contributed by atoms with Gasteiger partial charge in [-0.25, -0.2) is 0 Å². The van der Waals surface area contributed by atoms with Crippen molar-refractivity contribution in [3.8, 4) is 5.75 Å². The van der Waals surface area contributed by atoms with Gasteiger partial charge in [-0.1, -0.05) is 42.0 Å². The summed E-state index contributed by atoms with van der Waals surface area (Å²) < 4.78 is 14.0. The molecule has 0 spiro atoms. The number of piperazine rings is 1. The van der Waals surface area contributed by atoms with Crippen LogP contribution in [0.25, 0.3) is 16.5 Å². The smallest absolute Gasteiger partial charge is 0.263 e. The number of aryl methyl sites for hydroxylation is 1. The second-order valence-electron chi connectivity index (χ2n) is 12.3. The minimum Gasteiger partial charge on any atom is -0.484 e. The number of benzene rings is 2. The maximum Gasteiger partial charge on any atom is 0.263 e. The van der Waals surface area contributed by atoms with Crippen LogP contribution >= 0.6 is 0 Å². The van der Waals surface area contributed by atoms with Crippen LogP contribution < -0.4 is 10.3 Å². The van der Waals surface area contributed by atoms with Crippen LogP contribution in [0.15, 0.2) is 77.1 Å². The van der Waals surface area contributed by atoms with E-state index in [4.69, 9.17) is 9.47 Å². The van der Waals surface area contributed by atoms with Crippen LogP contribution in [0, 0.1) is 6.92 Å². The number of aliphatic hydroxyl groups is 1. The van der Waals surface area contributed by atoms with E-state index in [2.05, 4.69) is 28.0 Å². The maximum atomic E-state index is 14.2. The first-order valence-electron chi connectivity index (χ1n) is 15.9. The Balaban J connectivity index is 1.37. The molecule has 0 bridgehead atoms. The van der Waals surface area contributed by atoms with Crippen molar-refractivity contribution in [1.29, 1.82) is 0 Å². The van der Waals surface area contributed by atoms with Crippen molar-refractivity contribution in [3.05, 3.63) is 93.9 Å². The Morgan fingerprint density at radius 1 is 1.07 bits per heavy atom. The van der Waals surface area contributed by atoms with Crippen LogP contribution in [0.4, 0.5) is 0 Å². The summed E-state index contributed by atoms with van der Waals surface area (Å²) in [5.41, 5.74) is 3.92. The average Bonchev–Trinajstić information content (AvgIpc) is 3.02. The highest BCUT2D eigenvalue weighted by molar-refractivity contribution is 5.83. The lowest BCUT2D eigenvalue weighted by Gasteiger charge is -2.36. The van der Waals surface area contributed by atoms with Crippen molar-refractivity contribution in [2.24, 2.45) is 0 Å². The molecule has 1 unspecified atom stereocenters.